The van der Waals surface area contributed by atoms with Gasteiger partial charge in [0.2, 0.25) is 5.92 Å². The maximum absolute atomic E-state index is 13.6. The molecule has 0 saturated heterocycles. The highest BCUT2D eigenvalue weighted by atomic mass is 19.3. The maximum Gasteiger partial charge on any atom is 0.248 e. The van der Waals surface area contributed by atoms with Gasteiger partial charge in [-0.05, 0) is 74.1 Å². The molecule has 3 rings (SSSR count). The summed E-state index contributed by atoms with van der Waals surface area (Å²) in [5.74, 6) is -1.74. The van der Waals surface area contributed by atoms with E-state index in [-0.39, 0.29) is 25.6 Å². The van der Waals surface area contributed by atoms with Gasteiger partial charge in [-0.15, -0.1) is 0 Å². The topological polar surface area (TPSA) is 51.6 Å². The third-order valence-electron chi connectivity index (χ3n) is 5.97. The van der Waals surface area contributed by atoms with E-state index >= 15 is 0 Å². The lowest BCUT2D eigenvalue weighted by atomic mass is 9.84. The lowest BCUT2D eigenvalue weighted by Gasteiger charge is -2.29. The number of pyridine rings is 1. The fourth-order valence-electron chi connectivity index (χ4n) is 4.02. The standard InChI is InChI=1S/C23H29F2NO3/c1-14-11-20(27)16(3)15(2)19(14)12-18-5-6-21(29-13-28-4)22(26-18)17-7-9-23(24,25)10-8-17/h5-6,11,17,27H,7-10,12-13H2,1-4H3. The summed E-state index contributed by atoms with van der Waals surface area (Å²) in [6.45, 7) is 5.96. The van der Waals surface area contributed by atoms with Crippen molar-refractivity contribution in [3.05, 3.63) is 51.8 Å². The summed E-state index contributed by atoms with van der Waals surface area (Å²) in [6, 6.07) is 5.55. The molecule has 1 fully saturated rings. The minimum atomic E-state index is -2.58. The molecule has 0 radical (unpaired) electrons. The van der Waals surface area contributed by atoms with E-state index in [1.165, 1.54) is 0 Å². The summed E-state index contributed by atoms with van der Waals surface area (Å²) in [6.07, 6.45) is 1.15. The largest absolute Gasteiger partial charge is 0.508 e. The van der Waals surface area contributed by atoms with Crippen LogP contribution < -0.4 is 4.74 Å². The Balaban J connectivity index is 1.92. The van der Waals surface area contributed by atoms with Crippen molar-refractivity contribution >= 4 is 0 Å². The Hall–Kier alpha value is -2.21. The molecule has 0 spiro atoms. The van der Waals surface area contributed by atoms with Crippen molar-refractivity contribution in [3.8, 4) is 11.5 Å². The molecule has 1 aliphatic carbocycles. The number of ether oxygens (including phenoxy) is 2. The van der Waals surface area contributed by atoms with Gasteiger partial charge in [0.05, 0.1) is 5.69 Å². The van der Waals surface area contributed by atoms with Crippen LogP contribution in [0.15, 0.2) is 18.2 Å². The molecular weight excluding hydrogens is 376 g/mol. The fraction of sp³-hybridized carbons (Fsp3) is 0.522. The summed E-state index contributed by atoms with van der Waals surface area (Å²) < 4.78 is 37.9. The molecule has 1 aliphatic rings. The van der Waals surface area contributed by atoms with Crippen LogP contribution in [0.25, 0.3) is 0 Å². The summed E-state index contributed by atoms with van der Waals surface area (Å²) in [5.41, 5.74) is 5.63. The van der Waals surface area contributed by atoms with Gasteiger partial charge >= 0.3 is 0 Å². The van der Waals surface area contributed by atoms with Gasteiger partial charge in [-0.3, -0.25) is 4.98 Å². The van der Waals surface area contributed by atoms with Crippen molar-refractivity contribution in [2.75, 3.05) is 13.9 Å². The number of methoxy groups -OCH3 is 1. The molecule has 1 aromatic heterocycles. The van der Waals surface area contributed by atoms with Crippen LogP contribution in [0.4, 0.5) is 8.78 Å². The first-order valence-corrected chi connectivity index (χ1v) is 10.00. The maximum atomic E-state index is 13.6. The molecule has 1 aromatic carbocycles. The van der Waals surface area contributed by atoms with Crippen molar-refractivity contribution in [3.63, 3.8) is 0 Å². The van der Waals surface area contributed by atoms with E-state index in [2.05, 4.69) is 0 Å². The highest BCUT2D eigenvalue weighted by molar-refractivity contribution is 5.49. The molecule has 0 unspecified atom stereocenters. The van der Waals surface area contributed by atoms with Gasteiger partial charge in [0.1, 0.15) is 11.5 Å². The number of aromatic nitrogens is 1. The molecule has 0 atom stereocenters. The van der Waals surface area contributed by atoms with Gasteiger partial charge in [-0.2, -0.15) is 0 Å². The number of nitrogens with zero attached hydrogens (tertiary/aromatic N) is 1. The zero-order valence-corrected chi connectivity index (χ0v) is 17.5. The minimum absolute atomic E-state index is 0.0508. The molecule has 1 N–H and O–H groups in total. The van der Waals surface area contributed by atoms with E-state index in [0.29, 0.717) is 30.8 Å². The third kappa shape index (κ3) is 4.86. The second kappa shape index (κ2) is 8.66. The fourth-order valence-corrected chi connectivity index (χ4v) is 4.02. The Labute approximate surface area is 170 Å². The lowest BCUT2D eigenvalue weighted by Crippen LogP contribution is -2.24. The molecule has 6 heteroatoms. The second-order valence-electron chi connectivity index (χ2n) is 7.98. The van der Waals surface area contributed by atoms with Gasteiger partial charge < -0.3 is 14.6 Å². The van der Waals surface area contributed by atoms with Gasteiger partial charge in [0.15, 0.2) is 6.79 Å². The minimum Gasteiger partial charge on any atom is -0.508 e. The quantitative estimate of drug-likeness (QED) is 0.638. The van der Waals surface area contributed by atoms with Crippen molar-refractivity contribution in [1.29, 1.82) is 0 Å². The highest BCUT2D eigenvalue weighted by Crippen LogP contribution is 2.43. The second-order valence-corrected chi connectivity index (χ2v) is 7.98. The van der Waals surface area contributed by atoms with E-state index in [1.54, 1.807) is 13.2 Å². The van der Waals surface area contributed by atoms with Crippen LogP contribution in [-0.2, 0) is 11.2 Å². The monoisotopic (exact) mass is 405 g/mol. The molecule has 2 aromatic rings. The van der Waals surface area contributed by atoms with Crippen LogP contribution in [0.1, 0.15) is 65.2 Å². The van der Waals surface area contributed by atoms with Crippen molar-refractivity contribution in [2.45, 2.75) is 64.7 Å². The predicted octanol–water partition coefficient (Wildman–Crippen LogP) is 5.58. The average molecular weight is 405 g/mol. The number of hydrogen-bond acceptors (Lipinski definition) is 4. The molecule has 0 amide bonds. The Morgan fingerprint density at radius 2 is 1.83 bits per heavy atom. The van der Waals surface area contributed by atoms with Crippen LogP contribution in [-0.4, -0.2) is 29.9 Å². The van der Waals surface area contributed by atoms with Crippen LogP contribution in [0.5, 0.6) is 11.5 Å². The normalized spacial score (nSPS) is 16.8. The van der Waals surface area contributed by atoms with E-state index in [0.717, 1.165) is 33.6 Å². The molecule has 4 nitrogen and oxygen atoms in total. The molecule has 0 aliphatic heterocycles. The molecule has 0 bridgehead atoms. The molecule has 1 saturated carbocycles. The van der Waals surface area contributed by atoms with Gasteiger partial charge in [0.25, 0.3) is 0 Å². The SMILES string of the molecule is COCOc1ccc(Cc2c(C)cc(O)c(C)c2C)nc1C1CCC(F)(F)CC1. The van der Waals surface area contributed by atoms with Crippen LogP contribution >= 0.6 is 0 Å². The van der Waals surface area contributed by atoms with Crippen LogP contribution in [0, 0.1) is 20.8 Å². The lowest BCUT2D eigenvalue weighted by molar-refractivity contribution is -0.0389. The van der Waals surface area contributed by atoms with Gasteiger partial charge in [-0.25, -0.2) is 8.78 Å². The summed E-state index contributed by atoms with van der Waals surface area (Å²) in [4.78, 5) is 4.84. The van der Waals surface area contributed by atoms with Crippen LogP contribution in [0.3, 0.4) is 0 Å². The number of phenolic OH excluding ortho intramolecular Hbond substituents is 1. The molecule has 1 heterocycles. The first-order valence-electron chi connectivity index (χ1n) is 10.00. The smallest absolute Gasteiger partial charge is 0.248 e. The zero-order chi connectivity index (χ0) is 21.2. The molecular formula is C23H29F2NO3. The number of alkyl halides is 2. The predicted molar refractivity (Wildman–Crippen MR) is 108 cm³/mol. The van der Waals surface area contributed by atoms with E-state index < -0.39 is 5.92 Å². The Bertz CT molecular complexity index is 873. The van der Waals surface area contributed by atoms with E-state index in [9.17, 15) is 13.9 Å². The number of halogens is 2. The number of aromatic hydroxyl groups is 1. The summed E-state index contributed by atoms with van der Waals surface area (Å²) in [5, 5.41) is 10.0. The number of rotatable bonds is 6. The number of phenols is 1. The number of hydrogen-bond donors (Lipinski definition) is 1. The third-order valence-corrected chi connectivity index (χ3v) is 5.97. The Morgan fingerprint density at radius 3 is 2.48 bits per heavy atom. The van der Waals surface area contributed by atoms with Crippen molar-refractivity contribution < 1.29 is 23.4 Å². The first kappa shape index (κ1) is 21.5. The van der Waals surface area contributed by atoms with Gasteiger partial charge in [0, 0.05) is 38.0 Å². The Morgan fingerprint density at radius 1 is 1.14 bits per heavy atom. The number of aryl methyl sites for hydroxylation is 1. The van der Waals surface area contributed by atoms with E-state index in [4.69, 9.17) is 14.5 Å². The number of benzene rings is 1. The zero-order valence-electron chi connectivity index (χ0n) is 17.5. The summed E-state index contributed by atoms with van der Waals surface area (Å²) >= 11 is 0. The summed E-state index contributed by atoms with van der Waals surface area (Å²) in [7, 11) is 1.54. The molecule has 29 heavy (non-hydrogen) atoms. The molecule has 158 valence electrons. The average Bonchev–Trinajstić information content (AvgIpc) is 2.68. The Kier molecular flexibility index (Phi) is 6.42. The van der Waals surface area contributed by atoms with Crippen LogP contribution in [0.2, 0.25) is 0 Å². The van der Waals surface area contributed by atoms with E-state index in [1.807, 2.05) is 32.9 Å². The first-order chi connectivity index (χ1) is 13.7. The van der Waals surface area contributed by atoms with Crippen molar-refractivity contribution in [2.24, 2.45) is 0 Å². The van der Waals surface area contributed by atoms with Crippen molar-refractivity contribution in [1.82, 2.24) is 4.98 Å². The van der Waals surface area contributed by atoms with Gasteiger partial charge in [-0.1, -0.05) is 0 Å². The highest BCUT2D eigenvalue weighted by Gasteiger charge is 2.36.